The van der Waals surface area contributed by atoms with Crippen molar-refractivity contribution in [2.75, 3.05) is 19.0 Å². The van der Waals surface area contributed by atoms with Gasteiger partial charge in [0, 0.05) is 5.69 Å². The molecule has 1 amide bonds. The van der Waals surface area contributed by atoms with E-state index in [1.807, 2.05) is 0 Å². The number of phenolic OH excluding ortho intramolecular Hbond substituents is 1. The molecule has 0 heterocycles. The van der Waals surface area contributed by atoms with Crippen molar-refractivity contribution in [2.45, 2.75) is 6.92 Å². The smallest absolute Gasteiger partial charge is 0.342 e. The third-order valence-corrected chi connectivity index (χ3v) is 3.08. The quantitative estimate of drug-likeness (QED) is 0.828. The molecule has 0 aliphatic rings. The highest BCUT2D eigenvalue weighted by Gasteiger charge is 2.14. The monoisotopic (exact) mass is 315 g/mol. The van der Waals surface area contributed by atoms with E-state index in [1.165, 1.54) is 12.1 Å². The maximum atomic E-state index is 11.9. The van der Waals surface area contributed by atoms with Crippen LogP contribution in [0, 0.1) is 6.92 Å². The summed E-state index contributed by atoms with van der Waals surface area (Å²) in [6.07, 6.45) is 0. The molecule has 2 N–H and O–H groups in total. The molecule has 0 spiro atoms. The molecule has 0 saturated heterocycles. The van der Waals surface area contributed by atoms with E-state index in [1.54, 1.807) is 44.4 Å². The maximum Gasteiger partial charge on any atom is 0.342 e. The molecule has 0 fully saturated rings. The van der Waals surface area contributed by atoms with Crippen molar-refractivity contribution >= 4 is 17.6 Å². The molecular weight excluding hydrogens is 298 g/mol. The zero-order chi connectivity index (χ0) is 16.8. The number of aryl methyl sites for hydroxylation is 1. The number of ether oxygens (including phenoxy) is 2. The first kappa shape index (κ1) is 16.4. The van der Waals surface area contributed by atoms with Crippen molar-refractivity contribution in [2.24, 2.45) is 0 Å². The second kappa shape index (κ2) is 7.31. The molecule has 0 unspecified atom stereocenters. The summed E-state index contributed by atoms with van der Waals surface area (Å²) in [5.41, 5.74) is 1.39. The van der Waals surface area contributed by atoms with Crippen LogP contribution in [0.5, 0.6) is 11.5 Å². The first-order valence-electron chi connectivity index (χ1n) is 6.90. The van der Waals surface area contributed by atoms with Gasteiger partial charge in [-0.05, 0) is 43.3 Å². The van der Waals surface area contributed by atoms with Gasteiger partial charge in [0.2, 0.25) is 0 Å². The first-order valence-corrected chi connectivity index (χ1v) is 6.90. The third kappa shape index (κ3) is 4.47. The highest BCUT2D eigenvalue weighted by atomic mass is 16.5. The minimum Gasteiger partial charge on any atom is -0.507 e. The summed E-state index contributed by atoms with van der Waals surface area (Å²) in [4.78, 5) is 23.7. The second-order valence-electron chi connectivity index (χ2n) is 4.87. The van der Waals surface area contributed by atoms with Gasteiger partial charge in [0.05, 0.1) is 7.11 Å². The first-order chi connectivity index (χ1) is 11.0. The fourth-order valence-corrected chi connectivity index (χ4v) is 1.89. The average Bonchev–Trinajstić information content (AvgIpc) is 2.55. The normalized spacial score (nSPS) is 10.0. The number of anilines is 1. The number of methoxy groups -OCH3 is 1. The minimum atomic E-state index is -0.754. The molecule has 0 aliphatic carbocycles. The number of carbonyl (C=O) groups is 2. The standard InChI is InChI=1S/C17H17NO5/c1-11-3-8-15(19)14(9-11)17(21)23-10-16(20)18-12-4-6-13(22-2)7-5-12/h3-9,19H,10H2,1-2H3,(H,18,20). The average molecular weight is 315 g/mol. The van der Waals surface area contributed by atoms with Gasteiger partial charge < -0.3 is 19.9 Å². The van der Waals surface area contributed by atoms with Crippen LogP contribution in [-0.4, -0.2) is 30.7 Å². The molecule has 0 atom stereocenters. The van der Waals surface area contributed by atoms with Crippen molar-refractivity contribution in [1.82, 2.24) is 0 Å². The topological polar surface area (TPSA) is 84.9 Å². The van der Waals surface area contributed by atoms with Gasteiger partial charge in [-0.25, -0.2) is 4.79 Å². The summed E-state index contributed by atoms with van der Waals surface area (Å²) in [5, 5.41) is 12.2. The van der Waals surface area contributed by atoms with E-state index in [9.17, 15) is 14.7 Å². The van der Waals surface area contributed by atoms with E-state index in [-0.39, 0.29) is 11.3 Å². The van der Waals surface area contributed by atoms with Gasteiger partial charge >= 0.3 is 5.97 Å². The van der Waals surface area contributed by atoms with E-state index in [0.29, 0.717) is 11.4 Å². The molecule has 0 aromatic heterocycles. The van der Waals surface area contributed by atoms with Crippen LogP contribution in [0.3, 0.4) is 0 Å². The van der Waals surface area contributed by atoms with Gasteiger partial charge in [-0.15, -0.1) is 0 Å². The molecule has 0 bridgehead atoms. The summed E-state index contributed by atoms with van der Waals surface area (Å²) < 4.78 is 9.92. The Labute approximate surface area is 133 Å². The van der Waals surface area contributed by atoms with E-state index in [4.69, 9.17) is 9.47 Å². The number of nitrogens with one attached hydrogen (secondary N) is 1. The lowest BCUT2D eigenvalue weighted by atomic mass is 10.1. The fourth-order valence-electron chi connectivity index (χ4n) is 1.89. The van der Waals surface area contributed by atoms with Crippen molar-refractivity contribution in [3.05, 3.63) is 53.6 Å². The van der Waals surface area contributed by atoms with Gasteiger partial charge in [-0.3, -0.25) is 4.79 Å². The van der Waals surface area contributed by atoms with E-state index in [0.717, 1.165) is 5.56 Å². The van der Waals surface area contributed by atoms with Crippen LogP contribution in [0.15, 0.2) is 42.5 Å². The van der Waals surface area contributed by atoms with Crippen molar-refractivity contribution in [3.8, 4) is 11.5 Å². The second-order valence-corrected chi connectivity index (χ2v) is 4.87. The Morgan fingerprint density at radius 1 is 1.13 bits per heavy atom. The molecule has 0 saturated carbocycles. The Balaban J connectivity index is 1.90. The molecule has 0 aliphatic heterocycles. The lowest BCUT2D eigenvalue weighted by Gasteiger charge is -2.08. The zero-order valence-electron chi connectivity index (χ0n) is 12.8. The molecule has 6 heteroatoms. The number of hydrogen-bond acceptors (Lipinski definition) is 5. The number of phenols is 1. The number of carbonyl (C=O) groups excluding carboxylic acids is 2. The van der Waals surface area contributed by atoms with E-state index >= 15 is 0 Å². The van der Waals surface area contributed by atoms with Gasteiger partial charge in [-0.2, -0.15) is 0 Å². The lowest BCUT2D eigenvalue weighted by Crippen LogP contribution is -2.21. The number of esters is 1. The van der Waals surface area contributed by atoms with Crippen LogP contribution in [0.2, 0.25) is 0 Å². The molecule has 2 aromatic rings. The van der Waals surface area contributed by atoms with E-state index in [2.05, 4.69) is 5.32 Å². The van der Waals surface area contributed by atoms with Crippen molar-refractivity contribution in [3.63, 3.8) is 0 Å². The predicted octanol–water partition coefficient (Wildman–Crippen LogP) is 2.50. The highest BCUT2D eigenvalue weighted by molar-refractivity contribution is 5.96. The van der Waals surface area contributed by atoms with Gasteiger partial charge in [0.25, 0.3) is 5.91 Å². The molecular formula is C17H17NO5. The van der Waals surface area contributed by atoms with Gasteiger partial charge in [0.15, 0.2) is 6.61 Å². The SMILES string of the molecule is COc1ccc(NC(=O)COC(=O)c2cc(C)ccc2O)cc1. The Morgan fingerprint density at radius 2 is 1.83 bits per heavy atom. The van der Waals surface area contributed by atoms with Crippen LogP contribution in [0.25, 0.3) is 0 Å². The summed E-state index contributed by atoms with van der Waals surface area (Å²) in [5.74, 6) is -0.743. The van der Waals surface area contributed by atoms with Crippen LogP contribution < -0.4 is 10.1 Å². The number of amides is 1. The molecule has 2 aromatic carbocycles. The van der Waals surface area contributed by atoms with Crippen molar-refractivity contribution in [1.29, 1.82) is 0 Å². The largest absolute Gasteiger partial charge is 0.507 e. The summed E-state index contributed by atoms with van der Waals surface area (Å²) in [6, 6.07) is 11.3. The van der Waals surface area contributed by atoms with Crippen LogP contribution >= 0.6 is 0 Å². The maximum absolute atomic E-state index is 11.9. The number of aromatic hydroxyl groups is 1. The number of benzene rings is 2. The fraction of sp³-hybridized carbons (Fsp3) is 0.176. The van der Waals surface area contributed by atoms with Crippen LogP contribution in [-0.2, 0) is 9.53 Å². The van der Waals surface area contributed by atoms with Gasteiger partial charge in [-0.1, -0.05) is 11.6 Å². The minimum absolute atomic E-state index is 0.0299. The molecule has 120 valence electrons. The molecule has 2 rings (SSSR count). The molecule has 23 heavy (non-hydrogen) atoms. The molecule has 6 nitrogen and oxygen atoms in total. The Morgan fingerprint density at radius 3 is 2.48 bits per heavy atom. The zero-order valence-corrected chi connectivity index (χ0v) is 12.8. The Hall–Kier alpha value is -3.02. The van der Waals surface area contributed by atoms with Gasteiger partial charge in [0.1, 0.15) is 17.1 Å². The number of hydrogen-bond donors (Lipinski definition) is 2. The van der Waals surface area contributed by atoms with Crippen molar-refractivity contribution < 1.29 is 24.2 Å². The Kier molecular flexibility index (Phi) is 5.19. The van der Waals surface area contributed by atoms with E-state index < -0.39 is 18.5 Å². The summed E-state index contributed by atoms with van der Waals surface area (Å²) in [6.45, 7) is 1.34. The van der Waals surface area contributed by atoms with Crippen LogP contribution in [0.1, 0.15) is 15.9 Å². The summed E-state index contributed by atoms with van der Waals surface area (Å²) >= 11 is 0. The highest BCUT2D eigenvalue weighted by Crippen LogP contribution is 2.19. The number of rotatable bonds is 5. The Bertz CT molecular complexity index is 709. The lowest BCUT2D eigenvalue weighted by molar-refractivity contribution is -0.119. The molecule has 0 radical (unpaired) electrons. The van der Waals surface area contributed by atoms with Crippen LogP contribution in [0.4, 0.5) is 5.69 Å². The predicted molar refractivity (Wildman–Crippen MR) is 84.8 cm³/mol. The third-order valence-electron chi connectivity index (χ3n) is 3.08. The summed E-state index contributed by atoms with van der Waals surface area (Å²) in [7, 11) is 1.55.